The van der Waals surface area contributed by atoms with Crippen molar-refractivity contribution in [2.24, 2.45) is 11.8 Å². The number of carbonyl (C=O) groups is 1. The number of amides is 1. The SMILES string of the molecule is O=C(Nc1ccccc1)[C@H]1[C@H](CO)[C@H]2Cn3c(cccc3=O)[C@H]2N1Cc1ccccc1Cl. The summed E-state index contributed by atoms with van der Waals surface area (Å²) in [6.45, 7) is 0.780. The molecule has 0 spiro atoms. The number of aromatic nitrogens is 1. The Labute approximate surface area is 191 Å². The van der Waals surface area contributed by atoms with E-state index < -0.39 is 6.04 Å². The van der Waals surface area contributed by atoms with Crippen molar-refractivity contribution in [3.8, 4) is 0 Å². The molecule has 164 valence electrons. The van der Waals surface area contributed by atoms with Crippen molar-refractivity contribution in [1.29, 1.82) is 0 Å². The number of likely N-dealkylation sites (tertiary alicyclic amines) is 1. The van der Waals surface area contributed by atoms with E-state index in [1.54, 1.807) is 16.7 Å². The number of hydrogen-bond acceptors (Lipinski definition) is 4. The average molecular weight is 450 g/mol. The number of nitrogens with zero attached hydrogens (tertiary/aromatic N) is 2. The van der Waals surface area contributed by atoms with Crippen molar-refractivity contribution in [2.75, 3.05) is 11.9 Å². The Morgan fingerprint density at radius 2 is 1.78 bits per heavy atom. The minimum atomic E-state index is -0.560. The number of benzene rings is 2. The van der Waals surface area contributed by atoms with E-state index >= 15 is 0 Å². The van der Waals surface area contributed by atoms with E-state index in [0.29, 0.717) is 23.8 Å². The number of nitrogens with one attached hydrogen (secondary N) is 1. The minimum Gasteiger partial charge on any atom is -0.396 e. The molecule has 1 saturated heterocycles. The summed E-state index contributed by atoms with van der Waals surface area (Å²) < 4.78 is 1.77. The standard InChI is InChI=1S/C25H24ClN3O3/c26-20-10-5-4-7-16(20)13-29-23-18(14-28-21(23)11-6-12-22(28)31)19(15-30)24(29)25(32)27-17-8-2-1-3-9-17/h1-12,18-19,23-24,30H,13-15H2,(H,27,32)/t18-,19-,23+,24-/m1/s1. The van der Waals surface area contributed by atoms with Gasteiger partial charge in [0.15, 0.2) is 0 Å². The normalized spacial score (nSPS) is 24.2. The number of para-hydroxylation sites is 1. The Kier molecular flexibility index (Phi) is 5.59. The number of aliphatic hydroxyl groups excluding tert-OH is 1. The van der Waals surface area contributed by atoms with Crippen LogP contribution in [0.3, 0.4) is 0 Å². The molecule has 1 aromatic heterocycles. The van der Waals surface area contributed by atoms with Crippen LogP contribution in [0.4, 0.5) is 5.69 Å². The summed E-state index contributed by atoms with van der Waals surface area (Å²) in [5.74, 6) is -0.531. The zero-order valence-corrected chi connectivity index (χ0v) is 18.2. The van der Waals surface area contributed by atoms with Gasteiger partial charge in [-0.15, -0.1) is 0 Å². The first-order valence-corrected chi connectivity index (χ1v) is 11.1. The molecule has 2 N–H and O–H groups in total. The van der Waals surface area contributed by atoms with Gasteiger partial charge in [-0.3, -0.25) is 14.5 Å². The minimum absolute atomic E-state index is 0.0517. The molecule has 0 unspecified atom stereocenters. The molecule has 6 nitrogen and oxygen atoms in total. The third kappa shape index (κ3) is 3.54. The number of anilines is 1. The molecule has 0 bridgehead atoms. The van der Waals surface area contributed by atoms with Gasteiger partial charge in [0, 0.05) is 54.0 Å². The Balaban J connectivity index is 1.57. The van der Waals surface area contributed by atoms with Crippen LogP contribution in [0, 0.1) is 11.8 Å². The second kappa shape index (κ2) is 8.54. The maximum Gasteiger partial charge on any atom is 0.250 e. The number of rotatable bonds is 5. The van der Waals surface area contributed by atoms with Gasteiger partial charge in [-0.05, 0) is 29.8 Å². The fourth-order valence-electron chi connectivity index (χ4n) is 5.30. The molecule has 1 amide bonds. The van der Waals surface area contributed by atoms with Crippen LogP contribution in [0.5, 0.6) is 0 Å². The molecule has 3 heterocycles. The first-order chi connectivity index (χ1) is 15.6. The maximum atomic E-state index is 13.5. The van der Waals surface area contributed by atoms with Crippen molar-refractivity contribution < 1.29 is 9.90 Å². The van der Waals surface area contributed by atoms with Crippen molar-refractivity contribution in [3.05, 3.63) is 99.4 Å². The Hall–Kier alpha value is -2.93. The highest BCUT2D eigenvalue weighted by Crippen LogP contribution is 2.50. The summed E-state index contributed by atoms with van der Waals surface area (Å²) in [6.07, 6.45) is 0. The zero-order valence-electron chi connectivity index (χ0n) is 17.4. The summed E-state index contributed by atoms with van der Waals surface area (Å²) in [4.78, 5) is 28.1. The van der Waals surface area contributed by atoms with E-state index in [-0.39, 0.29) is 36.0 Å². The largest absolute Gasteiger partial charge is 0.396 e. The van der Waals surface area contributed by atoms with Gasteiger partial charge in [0.05, 0.1) is 12.1 Å². The van der Waals surface area contributed by atoms with Crippen LogP contribution in [-0.2, 0) is 17.9 Å². The third-order valence-electron chi connectivity index (χ3n) is 6.69. The van der Waals surface area contributed by atoms with Crippen LogP contribution < -0.4 is 10.9 Å². The molecular formula is C25H24ClN3O3. The number of hydrogen-bond donors (Lipinski definition) is 2. The van der Waals surface area contributed by atoms with Gasteiger partial charge in [-0.25, -0.2) is 0 Å². The molecule has 5 rings (SSSR count). The number of carbonyl (C=O) groups excluding carboxylic acids is 1. The topological polar surface area (TPSA) is 74.6 Å². The Bertz CT molecular complexity index is 1200. The summed E-state index contributed by atoms with van der Waals surface area (Å²) >= 11 is 6.47. The molecule has 3 aromatic rings. The first-order valence-electron chi connectivity index (χ1n) is 10.7. The molecule has 7 heteroatoms. The highest BCUT2D eigenvalue weighted by Gasteiger charge is 2.55. The molecule has 2 aromatic carbocycles. The molecule has 0 saturated carbocycles. The number of aliphatic hydroxyl groups is 1. The molecule has 2 aliphatic heterocycles. The monoisotopic (exact) mass is 449 g/mol. The van der Waals surface area contributed by atoms with Gasteiger partial charge in [-0.1, -0.05) is 54.1 Å². The van der Waals surface area contributed by atoms with E-state index in [2.05, 4.69) is 10.2 Å². The summed E-state index contributed by atoms with van der Waals surface area (Å²) in [6, 6.07) is 21.4. The summed E-state index contributed by atoms with van der Waals surface area (Å²) in [5.41, 5.74) is 2.43. The second-order valence-electron chi connectivity index (χ2n) is 8.42. The van der Waals surface area contributed by atoms with Gasteiger partial charge in [0.25, 0.3) is 5.56 Å². The fourth-order valence-corrected chi connectivity index (χ4v) is 5.49. The lowest BCUT2D eigenvalue weighted by Crippen LogP contribution is -2.45. The van der Waals surface area contributed by atoms with Gasteiger partial charge in [-0.2, -0.15) is 0 Å². The Morgan fingerprint density at radius 1 is 1.03 bits per heavy atom. The van der Waals surface area contributed by atoms with E-state index in [0.717, 1.165) is 11.3 Å². The lowest BCUT2D eigenvalue weighted by molar-refractivity contribution is -0.122. The van der Waals surface area contributed by atoms with Crippen molar-refractivity contribution in [2.45, 2.75) is 25.2 Å². The predicted octanol–water partition coefficient (Wildman–Crippen LogP) is 3.30. The number of pyridine rings is 1. The van der Waals surface area contributed by atoms with Crippen molar-refractivity contribution in [3.63, 3.8) is 0 Å². The Morgan fingerprint density at radius 3 is 2.53 bits per heavy atom. The van der Waals surface area contributed by atoms with Crippen LogP contribution in [0.1, 0.15) is 17.3 Å². The predicted molar refractivity (Wildman–Crippen MR) is 123 cm³/mol. The van der Waals surface area contributed by atoms with Crippen molar-refractivity contribution >= 4 is 23.2 Å². The average Bonchev–Trinajstić information content (AvgIpc) is 3.32. The quantitative estimate of drug-likeness (QED) is 0.626. The number of halogens is 1. The van der Waals surface area contributed by atoms with Crippen LogP contribution in [0.25, 0.3) is 0 Å². The van der Waals surface area contributed by atoms with Crippen LogP contribution in [-0.4, -0.2) is 33.1 Å². The van der Waals surface area contributed by atoms with Gasteiger partial charge in [0.2, 0.25) is 5.91 Å². The van der Waals surface area contributed by atoms with Crippen LogP contribution >= 0.6 is 11.6 Å². The summed E-state index contributed by atoms with van der Waals surface area (Å²) in [7, 11) is 0. The molecule has 0 aliphatic carbocycles. The van der Waals surface area contributed by atoms with Gasteiger partial charge >= 0.3 is 0 Å². The smallest absolute Gasteiger partial charge is 0.250 e. The van der Waals surface area contributed by atoms with E-state index in [9.17, 15) is 14.7 Å². The van der Waals surface area contributed by atoms with Gasteiger partial charge < -0.3 is 15.0 Å². The molecule has 32 heavy (non-hydrogen) atoms. The van der Waals surface area contributed by atoms with E-state index in [1.807, 2.05) is 60.7 Å². The highest BCUT2D eigenvalue weighted by molar-refractivity contribution is 6.31. The van der Waals surface area contributed by atoms with Crippen LogP contribution in [0.15, 0.2) is 77.6 Å². The number of fused-ring (bicyclic) bond motifs is 3. The summed E-state index contributed by atoms with van der Waals surface area (Å²) in [5, 5.41) is 14.0. The second-order valence-corrected chi connectivity index (χ2v) is 8.83. The van der Waals surface area contributed by atoms with E-state index in [4.69, 9.17) is 11.6 Å². The molecule has 1 fully saturated rings. The highest BCUT2D eigenvalue weighted by atomic mass is 35.5. The lowest BCUT2D eigenvalue weighted by atomic mass is 9.88. The zero-order chi connectivity index (χ0) is 22.2. The lowest BCUT2D eigenvalue weighted by Gasteiger charge is -2.31. The molecular weight excluding hydrogens is 426 g/mol. The fraction of sp³-hybridized carbons (Fsp3) is 0.280. The molecule has 2 aliphatic rings. The first kappa shape index (κ1) is 20.9. The molecule has 0 radical (unpaired) electrons. The third-order valence-corrected chi connectivity index (χ3v) is 7.06. The maximum absolute atomic E-state index is 13.5. The molecule has 4 atom stereocenters. The van der Waals surface area contributed by atoms with E-state index in [1.165, 1.54) is 0 Å². The van der Waals surface area contributed by atoms with Crippen molar-refractivity contribution in [1.82, 2.24) is 9.47 Å². The van der Waals surface area contributed by atoms with Crippen LogP contribution in [0.2, 0.25) is 5.02 Å². The van der Waals surface area contributed by atoms with Gasteiger partial charge in [0.1, 0.15) is 0 Å².